The Hall–Kier alpha value is -2.81. The summed E-state index contributed by atoms with van der Waals surface area (Å²) in [6, 6.07) is 9.17. The molecule has 2 saturated heterocycles. The molecule has 1 aromatic heterocycles. The first-order valence-corrected chi connectivity index (χ1v) is 12.6. The van der Waals surface area contributed by atoms with Crippen LogP contribution in [0.5, 0.6) is 5.75 Å². The van der Waals surface area contributed by atoms with Crippen molar-refractivity contribution in [2.75, 3.05) is 6.26 Å². The van der Waals surface area contributed by atoms with E-state index in [0.29, 0.717) is 24.3 Å². The second-order valence-electron chi connectivity index (χ2n) is 9.12. The third kappa shape index (κ3) is 3.90. The van der Waals surface area contributed by atoms with Crippen LogP contribution in [0.15, 0.2) is 52.3 Å². The standard InChI is InChI=1S/C23H28N2O6S/c1-15(2)23-10-8-17(25(23)22(27)28)12-19(14-23)31-18-9-11-24(21(26)13-18)16-4-6-20(7-5-16)32(3,29)30/h4-7,9,11,13,15,17,19H,8,10,12,14H2,1-3H3,(H,27,28)/t17-,19-,23+/m0/s1. The molecule has 4 rings (SSSR count). The summed E-state index contributed by atoms with van der Waals surface area (Å²) in [5.74, 6) is 0.615. The SMILES string of the molecule is CC(C)[C@@]12CC[C@@H](C[C@H](Oc3ccn(-c4ccc(S(C)(=O)=O)cc4)c(=O)c3)C1)N2C(=O)O. The molecule has 2 bridgehead atoms. The zero-order chi connectivity index (χ0) is 23.3. The van der Waals surface area contributed by atoms with Crippen molar-refractivity contribution >= 4 is 15.9 Å². The Morgan fingerprint density at radius 1 is 1.22 bits per heavy atom. The second-order valence-corrected chi connectivity index (χ2v) is 11.1. The lowest BCUT2D eigenvalue weighted by Crippen LogP contribution is -2.59. The van der Waals surface area contributed by atoms with E-state index < -0.39 is 21.5 Å². The van der Waals surface area contributed by atoms with Crippen molar-refractivity contribution in [3.8, 4) is 11.4 Å². The largest absolute Gasteiger partial charge is 0.490 e. The van der Waals surface area contributed by atoms with E-state index in [1.807, 2.05) is 0 Å². The molecule has 3 heterocycles. The van der Waals surface area contributed by atoms with Gasteiger partial charge in [-0.1, -0.05) is 13.8 Å². The molecule has 1 aromatic carbocycles. The third-order valence-corrected chi connectivity index (χ3v) is 8.02. The van der Waals surface area contributed by atoms with E-state index >= 15 is 0 Å². The van der Waals surface area contributed by atoms with Crippen molar-refractivity contribution < 1.29 is 23.1 Å². The Morgan fingerprint density at radius 3 is 2.47 bits per heavy atom. The zero-order valence-corrected chi connectivity index (χ0v) is 19.2. The van der Waals surface area contributed by atoms with Crippen LogP contribution in [0.3, 0.4) is 0 Å². The molecule has 1 amide bonds. The molecule has 0 saturated carbocycles. The number of sulfone groups is 1. The number of carboxylic acid groups (broad SMARTS) is 1. The Balaban J connectivity index is 1.54. The molecule has 8 nitrogen and oxygen atoms in total. The number of rotatable bonds is 5. The third-order valence-electron chi connectivity index (χ3n) is 6.89. The van der Waals surface area contributed by atoms with E-state index in [0.717, 1.165) is 19.1 Å². The summed E-state index contributed by atoms with van der Waals surface area (Å²) in [5.41, 5.74) is -0.171. The van der Waals surface area contributed by atoms with E-state index in [1.54, 1.807) is 29.3 Å². The maximum atomic E-state index is 12.7. The fourth-order valence-electron chi connectivity index (χ4n) is 5.27. The van der Waals surface area contributed by atoms with Gasteiger partial charge in [0.05, 0.1) is 10.4 Å². The average Bonchev–Trinajstić information content (AvgIpc) is 2.97. The van der Waals surface area contributed by atoms with Crippen LogP contribution in [-0.2, 0) is 9.84 Å². The summed E-state index contributed by atoms with van der Waals surface area (Å²) in [6.07, 6.45) is 4.57. The van der Waals surface area contributed by atoms with Gasteiger partial charge in [0.25, 0.3) is 5.56 Å². The Labute approximate surface area is 187 Å². The van der Waals surface area contributed by atoms with E-state index in [2.05, 4.69) is 13.8 Å². The minimum atomic E-state index is -3.31. The summed E-state index contributed by atoms with van der Waals surface area (Å²) >= 11 is 0. The molecule has 1 N–H and O–H groups in total. The molecule has 0 spiro atoms. The van der Waals surface area contributed by atoms with Crippen LogP contribution >= 0.6 is 0 Å². The van der Waals surface area contributed by atoms with Gasteiger partial charge in [0.2, 0.25) is 0 Å². The van der Waals surface area contributed by atoms with Crippen molar-refractivity contribution in [1.29, 1.82) is 0 Å². The smallest absolute Gasteiger partial charge is 0.408 e. The van der Waals surface area contributed by atoms with Crippen LogP contribution in [0.2, 0.25) is 0 Å². The molecule has 3 atom stereocenters. The molecular formula is C23H28N2O6S. The van der Waals surface area contributed by atoms with Gasteiger partial charge < -0.3 is 9.84 Å². The molecule has 32 heavy (non-hydrogen) atoms. The average molecular weight is 461 g/mol. The van der Waals surface area contributed by atoms with Gasteiger partial charge in [0.15, 0.2) is 9.84 Å². The summed E-state index contributed by atoms with van der Waals surface area (Å²) in [5, 5.41) is 9.75. The van der Waals surface area contributed by atoms with E-state index in [-0.39, 0.29) is 28.5 Å². The van der Waals surface area contributed by atoms with Crippen LogP contribution in [0, 0.1) is 5.92 Å². The van der Waals surface area contributed by atoms with E-state index in [1.165, 1.54) is 22.8 Å². The zero-order valence-electron chi connectivity index (χ0n) is 18.4. The lowest BCUT2D eigenvalue weighted by molar-refractivity contribution is -0.0211. The highest BCUT2D eigenvalue weighted by molar-refractivity contribution is 7.90. The van der Waals surface area contributed by atoms with Crippen LogP contribution in [0.4, 0.5) is 4.79 Å². The second kappa shape index (κ2) is 7.95. The molecule has 9 heteroatoms. The molecule has 0 radical (unpaired) electrons. The molecule has 172 valence electrons. The summed E-state index contributed by atoms with van der Waals surface area (Å²) < 4.78 is 30.9. The highest BCUT2D eigenvalue weighted by Crippen LogP contribution is 2.49. The fraction of sp³-hybridized carbons (Fsp3) is 0.478. The number of piperidine rings is 1. The van der Waals surface area contributed by atoms with Gasteiger partial charge in [0, 0.05) is 43.1 Å². The van der Waals surface area contributed by atoms with E-state index in [4.69, 9.17) is 4.74 Å². The number of pyridine rings is 1. The number of hydrogen-bond donors (Lipinski definition) is 1. The number of hydrogen-bond acceptors (Lipinski definition) is 5. The van der Waals surface area contributed by atoms with Gasteiger partial charge >= 0.3 is 6.09 Å². The normalized spacial score (nSPS) is 25.2. The lowest BCUT2D eigenvalue weighted by atomic mass is 9.78. The van der Waals surface area contributed by atoms with Crippen molar-refractivity contribution in [3.05, 3.63) is 52.9 Å². The van der Waals surface area contributed by atoms with Gasteiger partial charge in [-0.2, -0.15) is 0 Å². The van der Waals surface area contributed by atoms with E-state index in [9.17, 15) is 23.1 Å². The molecule has 0 aliphatic carbocycles. The summed E-state index contributed by atoms with van der Waals surface area (Å²) in [6.45, 7) is 4.11. The Bertz CT molecular complexity index is 1190. The molecule has 2 aromatic rings. The maximum Gasteiger partial charge on any atom is 0.408 e. The van der Waals surface area contributed by atoms with Crippen LogP contribution < -0.4 is 10.3 Å². The molecule has 0 unspecified atom stereocenters. The predicted molar refractivity (Wildman–Crippen MR) is 119 cm³/mol. The number of ether oxygens (including phenoxy) is 1. The molecule has 2 aliphatic rings. The predicted octanol–water partition coefficient (Wildman–Crippen LogP) is 3.32. The number of amides is 1. The minimum absolute atomic E-state index is 0.0672. The van der Waals surface area contributed by atoms with Gasteiger partial charge in [-0.25, -0.2) is 13.2 Å². The van der Waals surface area contributed by atoms with Crippen LogP contribution in [-0.4, -0.2) is 53.0 Å². The van der Waals surface area contributed by atoms with Gasteiger partial charge in [-0.3, -0.25) is 14.3 Å². The Kier molecular flexibility index (Phi) is 5.56. The van der Waals surface area contributed by atoms with Crippen molar-refractivity contribution in [3.63, 3.8) is 0 Å². The topological polar surface area (TPSA) is 106 Å². The fourth-order valence-corrected chi connectivity index (χ4v) is 5.90. The van der Waals surface area contributed by atoms with Gasteiger partial charge in [-0.15, -0.1) is 0 Å². The minimum Gasteiger partial charge on any atom is -0.490 e. The highest BCUT2D eigenvalue weighted by atomic mass is 32.2. The summed E-state index contributed by atoms with van der Waals surface area (Å²) in [4.78, 5) is 26.4. The number of carbonyl (C=O) groups is 1. The monoisotopic (exact) mass is 460 g/mol. The first-order chi connectivity index (χ1) is 15.0. The molecular weight excluding hydrogens is 432 g/mol. The molecule has 2 aliphatic heterocycles. The highest BCUT2D eigenvalue weighted by Gasteiger charge is 2.56. The van der Waals surface area contributed by atoms with Crippen molar-refractivity contribution in [1.82, 2.24) is 9.47 Å². The first kappa shape index (κ1) is 22.4. The Morgan fingerprint density at radius 2 is 1.91 bits per heavy atom. The van der Waals surface area contributed by atoms with Crippen LogP contribution in [0.25, 0.3) is 5.69 Å². The van der Waals surface area contributed by atoms with Gasteiger partial charge in [-0.05, 0) is 49.1 Å². The summed E-state index contributed by atoms with van der Waals surface area (Å²) in [7, 11) is -3.31. The van der Waals surface area contributed by atoms with Crippen molar-refractivity contribution in [2.45, 2.75) is 62.1 Å². The number of aromatic nitrogens is 1. The van der Waals surface area contributed by atoms with Crippen molar-refractivity contribution in [2.24, 2.45) is 5.92 Å². The van der Waals surface area contributed by atoms with Crippen LogP contribution in [0.1, 0.15) is 39.5 Å². The number of benzene rings is 1. The number of nitrogens with zero attached hydrogens (tertiary/aromatic N) is 2. The number of fused-ring (bicyclic) bond motifs is 2. The first-order valence-electron chi connectivity index (χ1n) is 10.7. The quantitative estimate of drug-likeness (QED) is 0.734. The molecule has 2 fully saturated rings. The van der Waals surface area contributed by atoms with Gasteiger partial charge in [0.1, 0.15) is 11.9 Å². The maximum absolute atomic E-state index is 12.7. The lowest BCUT2D eigenvalue weighted by Gasteiger charge is -2.48.